The summed E-state index contributed by atoms with van der Waals surface area (Å²) in [5.74, 6) is -2.55. The maximum Gasteiger partial charge on any atom is 0.195 e. The van der Waals surface area contributed by atoms with Crippen molar-refractivity contribution in [3.8, 4) is 0 Å². The minimum Gasteiger partial charge on any atom is -0.367 e. The van der Waals surface area contributed by atoms with Crippen LogP contribution in [0, 0.1) is 11.6 Å². The van der Waals surface area contributed by atoms with Crippen molar-refractivity contribution in [3.63, 3.8) is 0 Å². The largest absolute Gasteiger partial charge is 0.367 e. The summed E-state index contributed by atoms with van der Waals surface area (Å²) < 4.78 is 32.3. The van der Waals surface area contributed by atoms with Crippen LogP contribution in [0.25, 0.3) is 0 Å². The number of carbonyl (C=O) groups is 1. The van der Waals surface area contributed by atoms with Crippen molar-refractivity contribution in [3.05, 3.63) is 35.4 Å². The zero-order chi connectivity index (χ0) is 13.4. The molecule has 2 atom stereocenters. The van der Waals surface area contributed by atoms with E-state index in [4.69, 9.17) is 4.74 Å². The lowest BCUT2D eigenvalue weighted by Gasteiger charge is -2.34. The Morgan fingerprint density at radius 2 is 2.21 bits per heavy atom. The van der Waals surface area contributed by atoms with Crippen LogP contribution in [0.1, 0.15) is 23.2 Å². The molecule has 2 unspecified atom stereocenters. The van der Waals surface area contributed by atoms with Crippen molar-refractivity contribution in [2.75, 3.05) is 19.7 Å². The second kappa shape index (κ2) is 4.98. The Kier molecular flexibility index (Phi) is 3.33. The summed E-state index contributed by atoms with van der Waals surface area (Å²) in [6, 6.07) is 4.03. The highest BCUT2D eigenvalue weighted by atomic mass is 19.2. The molecule has 19 heavy (non-hydrogen) atoms. The Balaban J connectivity index is 1.79. The van der Waals surface area contributed by atoms with Gasteiger partial charge in [0.25, 0.3) is 0 Å². The highest BCUT2D eigenvalue weighted by Crippen LogP contribution is 2.24. The van der Waals surface area contributed by atoms with Crippen LogP contribution >= 0.6 is 0 Å². The number of benzene rings is 1. The van der Waals surface area contributed by atoms with Crippen LogP contribution in [0.4, 0.5) is 8.78 Å². The number of hydrogen-bond donors (Lipinski definition) is 0. The third kappa shape index (κ3) is 2.28. The Labute approximate surface area is 110 Å². The van der Waals surface area contributed by atoms with Crippen molar-refractivity contribution >= 4 is 5.78 Å². The minimum absolute atomic E-state index is 0.220. The molecule has 0 saturated carbocycles. The van der Waals surface area contributed by atoms with Crippen LogP contribution in [0.3, 0.4) is 0 Å². The molecule has 0 amide bonds. The van der Waals surface area contributed by atoms with E-state index in [0.29, 0.717) is 19.2 Å². The van der Waals surface area contributed by atoms with Crippen LogP contribution in [0.15, 0.2) is 18.2 Å². The van der Waals surface area contributed by atoms with Gasteiger partial charge >= 0.3 is 0 Å². The highest BCUT2D eigenvalue weighted by Gasteiger charge is 2.36. The molecule has 3 nitrogen and oxygen atoms in total. The van der Waals surface area contributed by atoms with Crippen LogP contribution in [-0.4, -0.2) is 42.5 Å². The summed E-state index contributed by atoms with van der Waals surface area (Å²) in [6.45, 7) is 1.91. The Bertz CT molecular complexity index is 506. The fourth-order valence-corrected chi connectivity index (χ4v) is 2.84. The molecule has 2 saturated heterocycles. The highest BCUT2D eigenvalue weighted by molar-refractivity contribution is 6.00. The van der Waals surface area contributed by atoms with Crippen molar-refractivity contribution in [2.24, 2.45) is 0 Å². The Morgan fingerprint density at radius 3 is 3.05 bits per heavy atom. The van der Waals surface area contributed by atoms with E-state index in [0.717, 1.165) is 25.5 Å². The van der Waals surface area contributed by atoms with E-state index in [9.17, 15) is 13.6 Å². The summed E-state index contributed by atoms with van der Waals surface area (Å²) in [7, 11) is 0. The van der Waals surface area contributed by atoms with Gasteiger partial charge in [-0.05, 0) is 31.5 Å². The molecule has 2 aliphatic rings. The van der Waals surface area contributed by atoms with E-state index >= 15 is 0 Å². The maximum absolute atomic E-state index is 13.6. The van der Waals surface area contributed by atoms with E-state index in [-0.39, 0.29) is 5.56 Å². The number of ketones is 1. The zero-order valence-corrected chi connectivity index (χ0v) is 10.4. The Morgan fingerprint density at radius 1 is 1.37 bits per heavy atom. The number of Topliss-reactive ketones (excluding diaryl/α,β-unsaturated/α-hetero) is 1. The molecule has 2 heterocycles. The SMILES string of the molecule is O=C(c1cccc(F)c1F)C1CN2CCCC2CO1. The average molecular weight is 267 g/mol. The first-order valence-electron chi connectivity index (χ1n) is 6.50. The molecule has 3 rings (SSSR count). The van der Waals surface area contributed by atoms with E-state index in [1.54, 1.807) is 0 Å². The number of morpholine rings is 1. The lowest BCUT2D eigenvalue weighted by atomic mass is 10.0. The van der Waals surface area contributed by atoms with Crippen LogP contribution in [0.2, 0.25) is 0 Å². The van der Waals surface area contributed by atoms with Gasteiger partial charge in [0.1, 0.15) is 6.10 Å². The third-order valence-electron chi connectivity index (χ3n) is 3.90. The molecule has 2 aliphatic heterocycles. The van der Waals surface area contributed by atoms with Gasteiger partial charge in [0.2, 0.25) is 0 Å². The maximum atomic E-state index is 13.6. The Hall–Kier alpha value is -1.33. The average Bonchev–Trinajstić information content (AvgIpc) is 2.88. The molecule has 0 N–H and O–H groups in total. The van der Waals surface area contributed by atoms with Crippen LogP contribution in [-0.2, 0) is 4.74 Å². The molecule has 0 radical (unpaired) electrons. The second-order valence-electron chi connectivity index (χ2n) is 5.08. The fourth-order valence-electron chi connectivity index (χ4n) is 2.84. The summed E-state index contributed by atoms with van der Waals surface area (Å²) in [4.78, 5) is 14.4. The number of rotatable bonds is 2. The smallest absolute Gasteiger partial charge is 0.195 e. The molecule has 0 aromatic heterocycles. The number of ether oxygens (including phenoxy) is 1. The number of carbonyl (C=O) groups excluding carboxylic acids is 1. The third-order valence-corrected chi connectivity index (χ3v) is 3.90. The van der Waals surface area contributed by atoms with Crippen LogP contribution < -0.4 is 0 Å². The predicted molar refractivity (Wildman–Crippen MR) is 65.0 cm³/mol. The molecule has 2 fully saturated rings. The van der Waals surface area contributed by atoms with Crippen molar-refractivity contribution in [1.82, 2.24) is 4.90 Å². The van der Waals surface area contributed by atoms with Gasteiger partial charge in [-0.3, -0.25) is 9.69 Å². The first kappa shape index (κ1) is 12.7. The van der Waals surface area contributed by atoms with Gasteiger partial charge in [0.15, 0.2) is 17.4 Å². The molecule has 0 aliphatic carbocycles. The molecule has 1 aromatic rings. The van der Waals surface area contributed by atoms with E-state index in [2.05, 4.69) is 4.90 Å². The number of nitrogens with zero attached hydrogens (tertiary/aromatic N) is 1. The summed E-state index contributed by atoms with van der Waals surface area (Å²) in [5, 5.41) is 0. The van der Waals surface area contributed by atoms with Gasteiger partial charge in [-0.15, -0.1) is 0 Å². The lowest BCUT2D eigenvalue weighted by Crippen LogP contribution is -2.49. The summed E-state index contributed by atoms with van der Waals surface area (Å²) in [5.41, 5.74) is -0.220. The van der Waals surface area contributed by atoms with Crippen molar-refractivity contribution < 1.29 is 18.3 Å². The standard InChI is InChI=1S/C14H15F2NO2/c15-11-5-1-4-10(13(11)16)14(18)12-7-17-6-2-3-9(17)8-19-12/h1,4-5,9,12H,2-3,6-8H2. The van der Waals surface area contributed by atoms with Gasteiger partial charge in [0.05, 0.1) is 12.2 Å². The molecule has 5 heteroatoms. The quantitative estimate of drug-likeness (QED) is 0.768. The molecule has 0 spiro atoms. The van der Waals surface area contributed by atoms with Gasteiger partial charge in [-0.1, -0.05) is 6.07 Å². The van der Waals surface area contributed by atoms with E-state index < -0.39 is 23.5 Å². The van der Waals surface area contributed by atoms with Gasteiger partial charge < -0.3 is 4.74 Å². The van der Waals surface area contributed by atoms with E-state index in [1.807, 2.05) is 0 Å². The lowest BCUT2D eigenvalue weighted by molar-refractivity contribution is -0.0346. The molecule has 0 bridgehead atoms. The number of fused-ring (bicyclic) bond motifs is 1. The van der Waals surface area contributed by atoms with Gasteiger partial charge in [-0.25, -0.2) is 8.78 Å². The molecular weight excluding hydrogens is 252 g/mol. The summed E-state index contributed by atoms with van der Waals surface area (Å²) >= 11 is 0. The van der Waals surface area contributed by atoms with E-state index in [1.165, 1.54) is 12.1 Å². The monoisotopic (exact) mass is 267 g/mol. The molecular formula is C14H15F2NO2. The first-order valence-corrected chi connectivity index (χ1v) is 6.50. The van der Waals surface area contributed by atoms with Crippen molar-refractivity contribution in [1.29, 1.82) is 0 Å². The first-order chi connectivity index (χ1) is 9.16. The normalized spacial score (nSPS) is 27.3. The molecule has 102 valence electrons. The molecule has 1 aromatic carbocycles. The van der Waals surface area contributed by atoms with Gasteiger partial charge in [0, 0.05) is 12.6 Å². The van der Waals surface area contributed by atoms with Crippen molar-refractivity contribution in [2.45, 2.75) is 25.0 Å². The predicted octanol–water partition coefficient (Wildman–Crippen LogP) is 2.01. The summed E-state index contributed by atoms with van der Waals surface area (Å²) in [6.07, 6.45) is 1.49. The van der Waals surface area contributed by atoms with Crippen LogP contribution in [0.5, 0.6) is 0 Å². The van der Waals surface area contributed by atoms with Gasteiger partial charge in [-0.2, -0.15) is 0 Å². The number of halogens is 2. The zero-order valence-electron chi connectivity index (χ0n) is 10.4. The number of hydrogen-bond acceptors (Lipinski definition) is 3. The second-order valence-corrected chi connectivity index (χ2v) is 5.08. The minimum atomic E-state index is -1.08. The topological polar surface area (TPSA) is 29.5 Å². The fraction of sp³-hybridized carbons (Fsp3) is 0.500.